The molecule has 3 N–H and O–H groups in total. The molecule has 0 bridgehead atoms. The standard InChI is InChI=1S/C29H18ClN7OS/c30-24-12-11-23(39-24)19-7-4-8-21-25(19)35-28(34-21)27-26-22(36-37-27)10-9-20(33-26)17-13-18(15-31-14-17)32-29(38)16-5-2-1-3-6-16/h1-15H,(H,32,38)(H,34,35)(H,36,37). The van der Waals surface area contributed by atoms with Gasteiger partial charge in [-0.3, -0.25) is 14.9 Å². The van der Waals surface area contributed by atoms with E-state index in [9.17, 15) is 4.79 Å². The zero-order valence-electron chi connectivity index (χ0n) is 20.1. The number of nitrogens with zero attached hydrogens (tertiary/aromatic N) is 4. The van der Waals surface area contributed by atoms with Gasteiger partial charge < -0.3 is 10.3 Å². The maximum Gasteiger partial charge on any atom is 0.255 e. The van der Waals surface area contributed by atoms with Gasteiger partial charge in [0.15, 0.2) is 11.5 Å². The molecule has 2 aromatic carbocycles. The highest BCUT2D eigenvalue weighted by Gasteiger charge is 2.17. The quantitative estimate of drug-likeness (QED) is 0.211. The first-order valence-corrected chi connectivity index (χ1v) is 13.2. The van der Waals surface area contributed by atoms with Crippen LogP contribution in [0.2, 0.25) is 4.34 Å². The Morgan fingerprint density at radius 3 is 2.62 bits per heavy atom. The number of carbonyl (C=O) groups is 1. The van der Waals surface area contributed by atoms with E-state index in [1.807, 2.05) is 66.7 Å². The number of pyridine rings is 2. The van der Waals surface area contributed by atoms with Gasteiger partial charge in [0.25, 0.3) is 5.91 Å². The summed E-state index contributed by atoms with van der Waals surface area (Å²) < 4.78 is 0.728. The highest BCUT2D eigenvalue weighted by atomic mass is 35.5. The number of halogens is 1. The Bertz CT molecular complexity index is 1990. The number of hydrogen-bond acceptors (Lipinski definition) is 6. The van der Waals surface area contributed by atoms with Crippen LogP contribution in [0.4, 0.5) is 5.69 Å². The Morgan fingerprint density at radius 1 is 0.872 bits per heavy atom. The molecule has 0 aliphatic carbocycles. The van der Waals surface area contributed by atoms with Gasteiger partial charge in [-0.05, 0) is 48.5 Å². The summed E-state index contributed by atoms with van der Waals surface area (Å²) in [6.07, 6.45) is 3.32. The molecule has 39 heavy (non-hydrogen) atoms. The van der Waals surface area contributed by atoms with E-state index in [1.54, 1.807) is 24.5 Å². The molecule has 0 spiro atoms. The molecule has 8 nitrogen and oxygen atoms in total. The summed E-state index contributed by atoms with van der Waals surface area (Å²) in [6, 6.07) is 24.6. The lowest BCUT2D eigenvalue weighted by Gasteiger charge is -2.07. The van der Waals surface area contributed by atoms with Crippen LogP contribution in [0.1, 0.15) is 10.4 Å². The maximum absolute atomic E-state index is 12.6. The molecule has 7 aromatic rings. The molecule has 188 valence electrons. The largest absolute Gasteiger partial charge is 0.336 e. The van der Waals surface area contributed by atoms with Gasteiger partial charge in [0.1, 0.15) is 5.52 Å². The fourth-order valence-electron chi connectivity index (χ4n) is 4.47. The number of fused-ring (bicyclic) bond motifs is 2. The Labute approximate surface area is 230 Å². The van der Waals surface area contributed by atoms with E-state index in [-0.39, 0.29) is 5.91 Å². The molecular formula is C29H18ClN7OS. The third-order valence-corrected chi connectivity index (χ3v) is 7.58. The lowest BCUT2D eigenvalue weighted by molar-refractivity contribution is 0.102. The number of thiophene rings is 1. The summed E-state index contributed by atoms with van der Waals surface area (Å²) >= 11 is 7.70. The minimum atomic E-state index is -0.204. The average Bonchev–Trinajstić information content (AvgIpc) is 3.71. The maximum atomic E-state index is 12.6. The van der Waals surface area contributed by atoms with Crippen LogP contribution in [0.15, 0.2) is 91.3 Å². The van der Waals surface area contributed by atoms with Crippen molar-refractivity contribution in [3.63, 3.8) is 0 Å². The third-order valence-electron chi connectivity index (χ3n) is 6.31. The van der Waals surface area contributed by atoms with Crippen molar-refractivity contribution < 1.29 is 4.79 Å². The Hall–Kier alpha value is -4.86. The van der Waals surface area contributed by atoms with Crippen molar-refractivity contribution in [3.8, 4) is 33.2 Å². The van der Waals surface area contributed by atoms with E-state index >= 15 is 0 Å². The van der Waals surface area contributed by atoms with Gasteiger partial charge in [-0.15, -0.1) is 11.3 Å². The molecule has 0 saturated carbocycles. The van der Waals surface area contributed by atoms with Crippen molar-refractivity contribution in [3.05, 3.63) is 101 Å². The van der Waals surface area contributed by atoms with Gasteiger partial charge >= 0.3 is 0 Å². The fraction of sp³-hybridized carbons (Fsp3) is 0. The lowest BCUT2D eigenvalue weighted by atomic mass is 10.1. The van der Waals surface area contributed by atoms with Crippen molar-refractivity contribution in [2.24, 2.45) is 0 Å². The molecule has 0 unspecified atom stereocenters. The van der Waals surface area contributed by atoms with E-state index in [0.717, 1.165) is 36.9 Å². The molecule has 7 rings (SSSR count). The number of hydrogen-bond donors (Lipinski definition) is 3. The van der Waals surface area contributed by atoms with Crippen molar-refractivity contribution in [1.29, 1.82) is 0 Å². The number of carbonyl (C=O) groups excluding carboxylic acids is 1. The summed E-state index contributed by atoms with van der Waals surface area (Å²) in [5, 5.41) is 10.5. The van der Waals surface area contributed by atoms with Crippen LogP contribution in [-0.4, -0.2) is 36.0 Å². The molecule has 0 saturated heterocycles. The minimum Gasteiger partial charge on any atom is -0.336 e. The monoisotopic (exact) mass is 547 g/mol. The molecular weight excluding hydrogens is 530 g/mol. The van der Waals surface area contributed by atoms with Crippen molar-refractivity contribution in [2.75, 3.05) is 5.32 Å². The highest BCUT2D eigenvalue weighted by Crippen LogP contribution is 2.36. The summed E-state index contributed by atoms with van der Waals surface area (Å²) in [6.45, 7) is 0. The van der Waals surface area contributed by atoms with Crippen LogP contribution < -0.4 is 5.32 Å². The van der Waals surface area contributed by atoms with E-state index in [4.69, 9.17) is 21.6 Å². The summed E-state index contributed by atoms with van der Waals surface area (Å²) in [5.41, 5.74) is 7.40. The average molecular weight is 548 g/mol. The van der Waals surface area contributed by atoms with Crippen molar-refractivity contribution in [2.45, 2.75) is 0 Å². The molecule has 0 radical (unpaired) electrons. The summed E-state index contributed by atoms with van der Waals surface area (Å²) in [5.74, 6) is 0.405. The number of imidazole rings is 1. The zero-order chi connectivity index (χ0) is 26.3. The van der Waals surface area contributed by atoms with Crippen molar-refractivity contribution in [1.82, 2.24) is 30.1 Å². The first kappa shape index (κ1) is 23.3. The van der Waals surface area contributed by atoms with Crippen LogP contribution in [0.3, 0.4) is 0 Å². The molecule has 5 aromatic heterocycles. The Morgan fingerprint density at radius 2 is 1.77 bits per heavy atom. The van der Waals surface area contributed by atoms with E-state index in [1.165, 1.54) is 11.3 Å². The first-order valence-electron chi connectivity index (χ1n) is 12.0. The van der Waals surface area contributed by atoms with Gasteiger partial charge in [-0.1, -0.05) is 41.9 Å². The van der Waals surface area contributed by atoms with Gasteiger partial charge in [0, 0.05) is 27.8 Å². The lowest BCUT2D eigenvalue weighted by Crippen LogP contribution is -2.11. The zero-order valence-corrected chi connectivity index (χ0v) is 21.7. The number of amides is 1. The smallest absolute Gasteiger partial charge is 0.255 e. The number of rotatable bonds is 5. The van der Waals surface area contributed by atoms with Crippen LogP contribution in [0, 0.1) is 0 Å². The number of aromatic nitrogens is 6. The Balaban J connectivity index is 1.25. The molecule has 0 atom stereocenters. The van der Waals surface area contributed by atoms with Gasteiger partial charge in [0.2, 0.25) is 0 Å². The predicted molar refractivity (Wildman–Crippen MR) is 155 cm³/mol. The van der Waals surface area contributed by atoms with Gasteiger partial charge in [-0.25, -0.2) is 9.97 Å². The molecule has 0 aliphatic heterocycles. The topological polar surface area (TPSA) is 112 Å². The number of H-pyrrole nitrogens is 2. The van der Waals surface area contributed by atoms with Crippen LogP contribution in [-0.2, 0) is 0 Å². The normalized spacial score (nSPS) is 11.3. The first-order chi connectivity index (χ1) is 19.1. The van der Waals surface area contributed by atoms with Crippen LogP contribution >= 0.6 is 22.9 Å². The van der Waals surface area contributed by atoms with E-state index in [0.29, 0.717) is 34.0 Å². The van der Waals surface area contributed by atoms with Crippen LogP contribution in [0.5, 0.6) is 0 Å². The van der Waals surface area contributed by atoms with Crippen LogP contribution in [0.25, 0.3) is 55.3 Å². The fourth-order valence-corrected chi connectivity index (χ4v) is 5.54. The molecule has 10 heteroatoms. The summed E-state index contributed by atoms with van der Waals surface area (Å²) in [4.78, 5) is 31.2. The second kappa shape index (κ2) is 9.46. The molecule has 0 fully saturated rings. The third kappa shape index (κ3) is 4.33. The Kier molecular flexibility index (Phi) is 5.65. The molecule has 5 heterocycles. The van der Waals surface area contributed by atoms with E-state index in [2.05, 4.69) is 25.5 Å². The number of benzene rings is 2. The second-order valence-electron chi connectivity index (χ2n) is 8.84. The molecule has 0 aliphatic rings. The summed E-state index contributed by atoms with van der Waals surface area (Å²) in [7, 11) is 0. The SMILES string of the molecule is O=C(Nc1cncc(-c2ccc3[nH]nc(-c4nc5c(-c6ccc(Cl)s6)cccc5[nH]4)c3n2)c1)c1ccccc1. The van der Waals surface area contributed by atoms with Gasteiger partial charge in [0.05, 0.1) is 38.5 Å². The van der Waals surface area contributed by atoms with Crippen molar-refractivity contribution >= 4 is 56.6 Å². The predicted octanol–water partition coefficient (Wildman–Crippen LogP) is 7.20. The van der Waals surface area contributed by atoms with Gasteiger partial charge in [-0.2, -0.15) is 5.10 Å². The highest BCUT2D eigenvalue weighted by molar-refractivity contribution is 7.19. The number of nitrogens with one attached hydrogen (secondary N) is 3. The number of anilines is 1. The second-order valence-corrected chi connectivity index (χ2v) is 10.6. The minimum absolute atomic E-state index is 0.204. The number of para-hydroxylation sites is 1. The van der Waals surface area contributed by atoms with E-state index < -0.39 is 0 Å². The number of aromatic amines is 2. The molecule has 1 amide bonds.